The highest BCUT2D eigenvalue weighted by Gasteiger charge is 2.48. The molecule has 166 valence electrons. The second-order valence-electron chi connectivity index (χ2n) is 7.88. The highest BCUT2D eigenvalue weighted by Crippen LogP contribution is 2.34. The molecule has 1 fully saturated rings. The Bertz CT molecular complexity index is 1340. The third kappa shape index (κ3) is 3.92. The number of aromatic nitrogens is 5. The Kier molecular flexibility index (Phi) is 5.06. The first-order valence-electron chi connectivity index (χ1n) is 10.4. The van der Waals surface area contributed by atoms with Crippen LogP contribution in [-0.2, 0) is 10.4 Å². The molecule has 1 aliphatic heterocycles. The maximum Gasteiger partial charge on any atom is 0.262 e. The third-order valence-corrected chi connectivity index (χ3v) is 5.49. The van der Waals surface area contributed by atoms with E-state index in [0.29, 0.717) is 41.1 Å². The van der Waals surface area contributed by atoms with Crippen LogP contribution in [0.15, 0.2) is 59.3 Å². The van der Waals surface area contributed by atoms with E-state index < -0.39 is 11.5 Å². The highest BCUT2D eigenvalue weighted by atomic mass is 16.5. The van der Waals surface area contributed by atoms with E-state index >= 15 is 0 Å². The van der Waals surface area contributed by atoms with Gasteiger partial charge in [0.15, 0.2) is 5.76 Å². The summed E-state index contributed by atoms with van der Waals surface area (Å²) in [5.41, 5.74) is 1.34. The van der Waals surface area contributed by atoms with Gasteiger partial charge in [0, 0.05) is 38.0 Å². The molecule has 0 radical (unpaired) electrons. The lowest BCUT2D eigenvalue weighted by Gasteiger charge is -2.16. The van der Waals surface area contributed by atoms with Crippen molar-refractivity contribution in [1.29, 1.82) is 0 Å². The van der Waals surface area contributed by atoms with Gasteiger partial charge in [0.25, 0.3) is 5.91 Å². The standard InChI is InChI=1S/C23H21N7O3/c1-14-5-3-8-20(25-14)28-22-24-11-9-17(27-22)15-6-4-7-16(26-15)18-13-19(33-29-18)23(32)10-12-30(2)21(23)31/h3-9,11,13,32H,10,12H2,1-2H3,(H,24,25,27,28)/t23-/m1/s1. The van der Waals surface area contributed by atoms with Crippen LogP contribution >= 0.6 is 0 Å². The molecule has 10 nitrogen and oxygen atoms in total. The van der Waals surface area contributed by atoms with Crippen molar-refractivity contribution in [2.75, 3.05) is 18.9 Å². The minimum Gasteiger partial charge on any atom is -0.373 e. The van der Waals surface area contributed by atoms with Crippen LogP contribution in [0, 0.1) is 6.92 Å². The molecule has 1 saturated heterocycles. The van der Waals surface area contributed by atoms with Crippen molar-refractivity contribution < 1.29 is 14.4 Å². The van der Waals surface area contributed by atoms with Crippen LogP contribution in [0.25, 0.3) is 22.8 Å². The van der Waals surface area contributed by atoms with E-state index in [1.165, 1.54) is 4.90 Å². The van der Waals surface area contributed by atoms with Crippen LogP contribution in [-0.4, -0.2) is 54.6 Å². The first-order chi connectivity index (χ1) is 15.9. The van der Waals surface area contributed by atoms with Crippen molar-refractivity contribution >= 4 is 17.7 Å². The zero-order valence-electron chi connectivity index (χ0n) is 18.1. The first kappa shape index (κ1) is 20.7. The molecule has 5 heterocycles. The SMILES string of the molecule is Cc1cccc(Nc2nccc(-c3cccc(-c4cc([C@]5(O)CCN(C)C5=O)on4)n3)n2)n1. The number of anilines is 2. The molecule has 10 heteroatoms. The number of aliphatic hydroxyl groups is 1. The Labute approximate surface area is 189 Å². The number of aryl methyl sites for hydroxylation is 1. The summed E-state index contributed by atoms with van der Waals surface area (Å²) in [6.07, 6.45) is 1.89. The summed E-state index contributed by atoms with van der Waals surface area (Å²) in [7, 11) is 1.64. The van der Waals surface area contributed by atoms with Crippen LogP contribution in [0.4, 0.5) is 11.8 Å². The minimum absolute atomic E-state index is 0.109. The number of nitrogens with one attached hydrogen (secondary N) is 1. The number of likely N-dealkylation sites (tertiary alicyclic amines) is 1. The number of nitrogens with zero attached hydrogens (tertiary/aromatic N) is 6. The Morgan fingerprint density at radius 1 is 1.03 bits per heavy atom. The lowest BCUT2D eigenvalue weighted by molar-refractivity contribution is -0.144. The Morgan fingerprint density at radius 3 is 2.55 bits per heavy atom. The van der Waals surface area contributed by atoms with Crippen molar-refractivity contribution in [3.05, 3.63) is 66.2 Å². The van der Waals surface area contributed by atoms with E-state index in [1.807, 2.05) is 37.3 Å². The molecule has 0 bridgehead atoms. The summed E-state index contributed by atoms with van der Waals surface area (Å²) in [6, 6.07) is 14.4. The molecule has 0 unspecified atom stereocenters. The van der Waals surface area contributed by atoms with E-state index in [-0.39, 0.29) is 12.2 Å². The van der Waals surface area contributed by atoms with Crippen molar-refractivity contribution in [2.45, 2.75) is 18.9 Å². The molecule has 0 aliphatic carbocycles. The van der Waals surface area contributed by atoms with Crippen molar-refractivity contribution in [1.82, 2.24) is 30.0 Å². The molecule has 4 aromatic heterocycles. The molecule has 1 atom stereocenters. The summed E-state index contributed by atoms with van der Waals surface area (Å²) in [6.45, 7) is 2.36. The summed E-state index contributed by atoms with van der Waals surface area (Å²) in [5, 5.41) is 17.9. The first-order valence-corrected chi connectivity index (χ1v) is 10.4. The molecule has 1 amide bonds. The molecule has 2 N–H and O–H groups in total. The molecule has 0 saturated carbocycles. The van der Waals surface area contributed by atoms with Crippen LogP contribution in [0.1, 0.15) is 17.9 Å². The monoisotopic (exact) mass is 443 g/mol. The van der Waals surface area contributed by atoms with Crippen LogP contribution in [0.5, 0.6) is 0 Å². The number of pyridine rings is 2. The predicted molar refractivity (Wildman–Crippen MR) is 119 cm³/mol. The zero-order chi connectivity index (χ0) is 23.0. The van der Waals surface area contributed by atoms with Gasteiger partial charge in [0.05, 0.1) is 17.1 Å². The Hall–Kier alpha value is -4.18. The molecule has 5 rings (SSSR count). The van der Waals surface area contributed by atoms with E-state index in [1.54, 1.807) is 31.4 Å². The third-order valence-electron chi connectivity index (χ3n) is 5.49. The second kappa shape index (κ2) is 8.06. The molecule has 0 spiro atoms. The lowest BCUT2D eigenvalue weighted by Crippen LogP contribution is -2.35. The summed E-state index contributed by atoms with van der Waals surface area (Å²) in [5.74, 6) is 0.746. The zero-order valence-corrected chi connectivity index (χ0v) is 18.1. The fraction of sp³-hybridized carbons (Fsp3) is 0.217. The molecular formula is C23H21N7O3. The second-order valence-corrected chi connectivity index (χ2v) is 7.88. The number of amides is 1. The summed E-state index contributed by atoms with van der Waals surface area (Å²) >= 11 is 0. The molecule has 1 aliphatic rings. The van der Waals surface area contributed by atoms with Gasteiger partial charge in [0.1, 0.15) is 11.5 Å². The number of rotatable bonds is 5. The van der Waals surface area contributed by atoms with Gasteiger partial charge in [-0.1, -0.05) is 17.3 Å². The number of hydrogen-bond donors (Lipinski definition) is 2. The normalized spacial score (nSPS) is 18.0. The topological polar surface area (TPSA) is 130 Å². The Balaban J connectivity index is 1.42. The van der Waals surface area contributed by atoms with E-state index in [2.05, 4.69) is 30.4 Å². The van der Waals surface area contributed by atoms with E-state index in [0.717, 1.165) is 5.69 Å². The highest BCUT2D eigenvalue weighted by molar-refractivity contribution is 5.87. The van der Waals surface area contributed by atoms with Crippen molar-refractivity contribution in [3.8, 4) is 22.8 Å². The van der Waals surface area contributed by atoms with Gasteiger partial charge in [-0.2, -0.15) is 0 Å². The van der Waals surface area contributed by atoms with Gasteiger partial charge in [-0.15, -0.1) is 0 Å². The smallest absolute Gasteiger partial charge is 0.262 e. The molecule has 0 aromatic carbocycles. The largest absolute Gasteiger partial charge is 0.373 e. The van der Waals surface area contributed by atoms with Crippen LogP contribution < -0.4 is 5.32 Å². The average molecular weight is 443 g/mol. The van der Waals surface area contributed by atoms with Gasteiger partial charge >= 0.3 is 0 Å². The number of hydrogen-bond acceptors (Lipinski definition) is 9. The number of carbonyl (C=O) groups is 1. The maximum atomic E-state index is 12.3. The summed E-state index contributed by atoms with van der Waals surface area (Å²) in [4.78, 5) is 31.6. The van der Waals surface area contributed by atoms with E-state index in [9.17, 15) is 9.90 Å². The molecular weight excluding hydrogens is 422 g/mol. The fourth-order valence-electron chi connectivity index (χ4n) is 3.68. The molecule has 33 heavy (non-hydrogen) atoms. The summed E-state index contributed by atoms with van der Waals surface area (Å²) < 4.78 is 5.34. The fourth-order valence-corrected chi connectivity index (χ4v) is 3.68. The quantitative estimate of drug-likeness (QED) is 0.478. The Morgan fingerprint density at radius 2 is 1.79 bits per heavy atom. The van der Waals surface area contributed by atoms with Gasteiger partial charge in [0.2, 0.25) is 11.5 Å². The van der Waals surface area contributed by atoms with Crippen LogP contribution in [0.2, 0.25) is 0 Å². The predicted octanol–water partition coefficient (Wildman–Crippen LogP) is 2.69. The van der Waals surface area contributed by atoms with Gasteiger partial charge < -0.3 is 19.8 Å². The number of carbonyl (C=O) groups excluding carboxylic acids is 1. The van der Waals surface area contributed by atoms with Gasteiger partial charge in [-0.3, -0.25) is 4.79 Å². The lowest BCUT2D eigenvalue weighted by atomic mass is 9.98. The van der Waals surface area contributed by atoms with Gasteiger partial charge in [-0.05, 0) is 37.3 Å². The van der Waals surface area contributed by atoms with Crippen molar-refractivity contribution in [3.63, 3.8) is 0 Å². The van der Waals surface area contributed by atoms with Crippen molar-refractivity contribution in [2.24, 2.45) is 0 Å². The maximum absolute atomic E-state index is 12.3. The van der Waals surface area contributed by atoms with Gasteiger partial charge in [-0.25, -0.2) is 19.9 Å². The number of likely N-dealkylation sites (N-methyl/N-ethyl adjacent to an activating group) is 1. The minimum atomic E-state index is -1.70. The average Bonchev–Trinajstić information content (AvgIpc) is 3.42. The van der Waals surface area contributed by atoms with E-state index in [4.69, 9.17) is 4.52 Å². The molecule has 4 aromatic rings. The van der Waals surface area contributed by atoms with Crippen LogP contribution in [0.3, 0.4) is 0 Å².